The van der Waals surface area contributed by atoms with Crippen LogP contribution in [0.5, 0.6) is 0 Å². The molecule has 3 N–H and O–H groups in total. The first-order valence-electron chi connectivity index (χ1n) is 4.84. The van der Waals surface area contributed by atoms with E-state index in [-0.39, 0.29) is 6.61 Å². The fourth-order valence-corrected chi connectivity index (χ4v) is 1.45. The van der Waals surface area contributed by atoms with Gasteiger partial charge in [-0.15, -0.1) is 0 Å². The van der Waals surface area contributed by atoms with Crippen molar-refractivity contribution in [1.29, 1.82) is 0 Å². The topological polar surface area (TPSA) is 145 Å². The van der Waals surface area contributed by atoms with Crippen molar-refractivity contribution in [3.8, 4) is 0 Å². The first-order chi connectivity index (χ1) is 7.97. The molecule has 0 spiro atoms. The fourth-order valence-electron chi connectivity index (χ4n) is 1.45. The van der Waals surface area contributed by atoms with Crippen molar-refractivity contribution in [2.45, 2.75) is 37.6 Å². The van der Waals surface area contributed by atoms with Crippen LogP contribution < -0.4 is 0 Å². The van der Waals surface area contributed by atoms with Gasteiger partial charge in [-0.25, -0.2) is 0 Å². The van der Waals surface area contributed by atoms with Crippen LogP contribution in [0, 0.1) is 0 Å². The molecular weight excluding hydrogens is 234 g/mol. The van der Waals surface area contributed by atoms with Gasteiger partial charge in [0.05, 0.1) is 6.10 Å². The Labute approximate surface area is 96.2 Å². The summed E-state index contributed by atoms with van der Waals surface area (Å²) in [5, 5.41) is 31.7. The predicted molar refractivity (Wildman–Crippen MR) is 52.5 cm³/mol. The molecule has 96 valence electrons. The van der Waals surface area contributed by atoms with E-state index in [1.54, 1.807) is 0 Å². The molecule has 0 bridgehead atoms. The van der Waals surface area contributed by atoms with Gasteiger partial charge in [0.1, 0.15) is 24.9 Å². The molecule has 17 heavy (non-hydrogen) atoms. The maximum atomic E-state index is 10.6. The third-order valence-electron chi connectivity index (χ3n) is 2.32. The second kappa shape index (κ2) is 5.80. The number of carbonyl (C=O) groups excluding carboxylic acids is 1. The maximum Gasteiger partial charge on any atom is 0.302 e. The fraction of sp³-hybridized carbons (Fsp3) is 0.875. The lowest BCUT2D eigenvalue weighted by Gasteiger charge is -2.38. The zero-order valence-corrected chi connectivity index (χ0v) is 9.00. The Balaban J connectivity index is 2.68. The van der Waals surface area contributed by atoms with Crippen LogP contribution in [-0.4, -0.2) is 58.5 Å². The van der Waals surface area contributed by atoms with Crippen LogP contribution >= 0.6 is 0 Å². The molecule has 1 aliphatic rings. The average Bonchev–Trinajstić information content (AvgIpc) is 2.27. The molecule has 1 rings (SSSR count). The molecule has 0 saturated carbocycles. The normalized spacial score (nSPS) is 37.1. The molecule has 0 aromatic carbocycles. The van der Waals surface area contributed by atoms with Crippen LogP contribution in [0.25, 0.3) is 10.4 Å². The third-order valence-corrected chi connectivity index (χ3v) is 2.32. The van der Waals surface area contributed by atoms with Crippen molar-refractivity contribution in [1.82, 2.24) is 0 Å². The Morgan fingerprint density at radius 1 is 1.47 bits per heavy atom. The smallest absolute Gasteiger partial charge is 0.302 e. The second-order valence-electron chi connectivity index (χ2n) is 3.54. The second-order valence-corrected chi connectivity index (χ2v) is 3.54. The van der Waals surface area contributed by atoms with E-state index >= 15 is 0 Å². The molecule has 0 amide bonds. The van der Waals surface area contributed by atoms with Crippen LogP contribution in [0.3, 0.4) is 0 Å². The molecule has 9 heteroatoms. The molecule has 1 saturated heterocycles. The summed E-state index contributed by atoms with van der Waals surface area (Å²) in [7, 11) is 0. The van der Waals surface area contributed by atoms with E-state index in [4.69, 9.17) is 10.3 Å². The summed E-state index contributed by atoms with van der Waals surface area (Å²) >= 11 is 0. The minimum absolute atomic E-state index is 0.312. The van der Waals surface area contributed by atoms with Gasteiger partial charge >= 0.3 is 5.97 Å². The number of rotatable bonds is 3. The molecule has 0 aromatic rings. The Morgan fingerprint density at radius 2 is 2.12 bits per heavy atom. The standard InChI is InChI=1S/C8H13N3O6/c1-3(12)16-2-4-6(13)7(14)5(10-11-9)8(15)17-4/h4-8,13-15H,2H2,1H3/t4-,5-,6-,7-,8-/m1/s1. The molecule has 9 nitrogen and oxygen atoms in total. The summed E-state index contributed by atoms with van der Waals surface area (Å²) in [6.07, 6.45) is -5.55. The first-order valence-corrected chi connectivity index (χ1v) is 4.84. The zero-order chi connectivity index (χ0) is 13.0. The van der Waals surface area contributed by atoms with E-state index in [0.29, 0.717) is 0 Å². The lowest BCUT2D eigenvalue weighted by Crippen LogP contribution is -2.57. The van der Waals surface area contributed by atoms with E-state index < -0.39 is 36.6 Å². The Morgan fingerprint density at radius 3 is 2.65 bits per heavy atom. The van der Waals surface area contributed by atoms with Crippen LogP contribution in [-0.2, 0) is 14.3 Å². The summed E-state index contributed by atoms with van der Waals surface area (Å²) in [6.45, 7) is 0.860. The van der Waals surface area contributed by atoms with Crippen molar-refractivity contribution >= 4 is 5.97 Å². The number of hydrogen-bond acceptors (Lipinski definition) is 7. The van der Waals surface area contributed by atoms with Gasteiger partial charge in [0.25, 0.3) is 0 Å². The largest absolute Gasteiger partial charge is 0.463 e. The molecular formula is C8H13N3O6. The summed E-state index contributed by atoms with van der Waals surface area (Å²) in [6, 6.07) is -1.30. The molecule has 1 heterocycles. The minimum atomic E-state index is -1.56. The van der Waals surface area contributed by atoms with E-state index in [1.807, 2.05) is 0 Å². The van der Waals surface area contributed by atoms with Crippen LogP contribution in [0.4, 0.5) is 0 Å². The van der Waals surface area contributed by atoms with Gasteiger partial charge in [0.15, 0.2) is 6.29 Å². The van der Waals surface area contributed by atoms with E-state index in [9.17, 15) is 20.1 Å². The van der Waals surface area contributed by atoms with Gasteiger partial charge in [-0.2, -0.15) is 0 Å². The molecule has 1 aliphatic heterocycles. The quantitative estimate of drug-likeness (QED) is 0.244. The monoisotopic (exact) mass is 247 g/mol. The zero-order valence-electron chi connectivity index (χ0n) is 9.00. The highest BCUT2D eigenvalue weighted by Crippen LogP contribution is 2.22. The molecule has 5 atom stereocenters. The lowest BCUT2D eigenvalue weighted by molar-refractivity contribution is -0.250. The summed E-state index contributed by atoms with van der Waals surface area (Å²) in [4.78, 5) is 13.0. The van der Waals surface area contributed by atoms with Gasteiger partial charge in [-0.1, -0.05) is 5.11 Å². The third kappa shape index (κ3) is 3.29. The van der Waals surface area contributed by atoms with Gasteiger partial charge in [-0.3, -0.25) is 4.79 Å². The molecule has 0 radical (unpaired) electrons. The Hall–Kier alpha value is -1.38. The number of ether oxygens (including phenoxy) is 2. The van der Waals surface area contributed by atoms with Gasteiger partial charge < -0.3 is 24.8 Å². The number of esters is 1. The van der Waals surface area contributed by atoms with Crippen LogP contribution in [0.15, 0.2) is 5.11 Å². The predicted octanol–water partition coefficient (Wildman–Crippen LogP) is -1.33. The van der Waals surface area contributed by atoms with Crippen LogP contribution in [0.1, 0.15) is 6.92 Å². The summed E-state index contributed by atoms with van der Waals surface area (Å²) in [5.41, 5.74) is 8.21. The van der Waals surface area contributed by atoms with E-state index in [1.165, 1.54) is 6.92 Å². The summed E-state index contributed by atoms with van der Waals surface area (Å²) in [5.74, 6) is -0.582. The molecule has 1 fully saturated rings. The first kappa shape index (κ1) is 13.7. The lowest BCUT2D eigenvalue weighted by atomic mass is 9.98. The van der Waals surface area contributed by atoms with Gasteiger partial charge in [0.2, 0.25) is 0 Å². The van der Waals surface area contributed by atoms with Crippen molar-refractivity contribution in [2.24, 2.45) is 5.11 Å². The number of azide groups is 1. The highest BCUT2D eigenvalue weighted by Gasteiger charge is 2.43. The molecule has 0 aliphatic carbocycles. The number of hydrogen-bond donors (Lipinski definition) is 3. The molecule has 0 aromatic heterocycles. The maximum absolute atomic E-state index is 10.6. The Kier molecular flexibility index (Phi) is 4.67. The minimum Gasteiger partial charge on any atom is -0.463 e. The van der Waals surface area contributed by atoms with Crippen molar-refractivity contribution in [3.05, 3.63) is 10.4 Å². The number of nitrogens with zero attached hydrogens (tertiary/aromatic N) is 3. The number of aliphatic hydroxyl groups is 3. The van der Waals surface area contributed by atoms with Gasteiger partial charge in [0, 0.05) is 11.8 Å². The van der Waals surface area contributed by atoms with Crippen LogP contribution in [0.2, 0.25) is 0 Å². The average molecular weight is 247 g/mol. The van der Waals surface area contributed by atoms with E-state index in [2.05, 4.69) is 14.8 Å². The van der Waals surface area contributed by atoms with E-state index in [0.717, 1.165) is 0 Å². The SMILES string of the molecule is CC(=O)OC[C@H]1O[C@@H](O)[C@H](N=[N+]=[N-])[C@@H](O)[C@@H]1O. The number of carbonyl (C=O) groups is 1. The van der Waals surface area contributed by atoms with Crippen molar-refractivity contribution in [3.63, 3.8) is 0 Å². The van der Waals surface area contributed by atoms with Crippen molar-refractivity contribution < 1.29 is 29.6 Å². The number of aliphatic hydroxyl groups excluding tert-OH is 3. The Bertz CT molecular complexity index is 331. The van der Waals surface area contributed by atoms with Gasteiger partial charge in [-0.05, 0) is 5.53 Å². The highest BCUT2D eigenvalue weighted by atomic mass is 16.6. The highest BCUT2D eigenvalue weighted by molar-refractivity contribution is 5.65. The molecule has 0 unspecified atom stereocenters. The summed E-state index contributed by atoms with van der Waals surface area (Å²) < 4.78 is 9.48. The van der Waals surface area contributed by atoms with Crippen molar-refractivity contribution in [2.75, 3.05) is 6.61 Å².